The molecule has 1 N–H and O–H groups in total. The van der Waals surface area contributed by atoms with Gasteiger partial charge in [0.2, 0.25) is 0 Å². The zero-order valence-corrected chi connectivity index (χ0v) is 10.6. The number of nitro groups is 2. The van der Waals surface area contributed by atoms with E-state index in [9.17, 15) is 20.2 Å². The van der Waals surface area contributed by atoms with Crippen molar-refractivity contribution < 1.29 is 14.7 Å². The topological polar surface area (TPSA) is 108 Å². The van der Waals surface area contributed by atoms with E-state index in [2.05, 4.69) is 5.48 Å². The van der Waals surface area contributed by atoms with E-state index in [1.54, 1.807) is 12.1 Å². The molecule has 0 radical (unpaired) electrons. The lowest BCUT2D eigenvalue weighted by molar-refractivity contribution is -0.385. The summed E-state index contributed by atoms with van der Waals surface area (Å²) in [5.41, 5.74) is 5.10. The summed E-state index contributed by atoms with van der Waals surface area (Å²) in [6, 6.07) is 8.81. The molecule has 1 aliphatic rings. The number of benzene rings is 2. The molecule has 0 spiro atoms. The van der Waals surface area contributed by atoms with Crippen LogP contribution >= 0.6 is 0 Å². The number of nitrogens with one attached hydrogen (secondary N) is 1. The molecule has 3 rings (SSSR count). The number of nitro benzene ring substituents is 2. The first-order valence-corrected chi connectivity index (χ1v) is 6.00. The van der Waals surface area contributed by atoms with Gasteiger partial charge in [-0.1, -0.05) is 0 Å². The van der Waals surface area contributed by atoms with Crippen LogP contribution in [0, 0.1) is 20.2 Å². The molecule has 0 saturated heterocycles. The minimum absolute atomic E-state index is 0.0253. The normalized spacial score (nSPS) is 12.6. The van der Waals surface area contributed by atoms with Crippen molar-refractivity contribution in [2.24, 2.45) is 0 Å². The van der Waals surface area contributed by atoms with Crippen molar-refractivity contribution >= 4 is 17.1 Å². The van der Waals surface area contributed by atoms with Gasteiger partial charge in [0, 0.05) is 29.8 Å². The first kappa shape index (κ1) is 13.0. The first-order chi connectivity index (χ1) is 10.1. The highest BCUT2D eigenvalue weighted by Crippen LogP contribution is 2.37. The summed E-state index contributed by atoms with van der Waals surface area (Å²) in [5.74, 6) is 0. The molecular formula is C13H9N3O5. The van der Waals surface area contributed by atoms with Gasteiger partial charge in [0.05, 0.1) is 15.5 Å². The smallest absolute Gasteiger partial charge is 0.271 e. The highest BCUT2D eigenvalue weighted by Gasteiger charge is 2.20. The summed E-state index contributed by atoms with van der Waals surface area (Å²) in [7, 11) is 0. The summed E-state index contributed by atoms with van der Waals surface area (Å²) in [6.45, 7) is 0.124. The molecule has 0 amide bonds. The molecule has 0 saturated carbocycles. The maximum Gasteiger partial charge on any atom is 0.271 e. The summed E-state index contributed by atoms with van der Waals surface area (Å²) in [4.78, 5) is 25.9. The van der Waals surface area contributed by atoms with Crippen LogP contribution in [-0.2, 0) is 11.4 Å². The van der Waals surface area contributed by atoms with Crippen LogP contribution in [0.3, 0.4) is 0 Å². The van der Waals surface area contributed by atoms with E-state index < -0.39 is 9.85 Å². The van der Waals surface area contributed by atoms with Crippen molar-refractivity contribution in [2.45, 2.75) is 6.61 Å². The first-order valence-electron chi connectivity index (χ1n) is 6.00. The summed E-state index contributed by atoms with van der Waals surface area (Å²) in [5, 5.41) is 21.6. The molecule has 1 aliphatic heterocycles. The third-order valence-corrected chi connectivity index (χ3v) is 3.21. The molecule has 8 heteroatoms. The lowest BCUT2D eigenvalue weighted by Gasteiger charge is -2.07. The van der Waals surface area contributed by atoms with Gasteiger partial charge in [0.1, 0.15) is 6.61 Å². The van der Waals surface area contributed by atoms with Gasteiger partial charge in [-0.05, 0) is 23.3 Å². The van der Waals surface area contributed by atoms with Crippen molar-refractivity contribution in [1.29, 1.82) is 0 Å². The van der Waals surface area contributed by atoms with Crippen molar-refractivity contribution in [1.82, 2.24) is 0 Å². The van der Waals surface area contributed by atoms with E-state index in [-0.39, 0.29) is 18.0 Å². The largest absolute Gasteiger partial charge is 0.271 e. The van der Waals surface area contributed by atoms with Gasteiger partial charge in [-0.25, -0.2) is 0 Å². The highest BCUT2D eigenvalue weighted by molar-refractivity contribution is 5.82. The van der Waals surface area contributed by atoms with Gasteiger partial charge in [-0.15, -0.1) is 0 Å². The van der Waals surface area contributed by atoms with Crippen molar-refractivity contribution in [3.63, 3.8) is 0 Å². The number of hydrogen-bond donors (Lipinski definition) is 1. The fraction of sp³-hybridized carbons (Fsp3) is 0.0769. The van der Waals surface area contributed by atoms with Crippen LogP contribution in [0.5, 0.6) is 0 Å². The minimum atomic E-state index is -0.496. The third kappa shape index (κ3) is 2.28. The molecule has 2 aromatic carbocycles. The van der Waals surface area contributed by atoms with E-state index in [4.69, 9.17) is 4.84 Å². The molecule has 0 aromatic heterocycles. The van der Waals surface area contributed by atoms with Gasteiger partial charge in [-0.2, -0.15) is 0 Å². The van der Waals surface area contributed by atoms with Crippen LogP contribution in [0.4, 0.5) is 17.1 Å². The molecule has 21 heavy (non-hydrogen) atoms. The average Bonchev–Trinajstić information content (AvgIpc) is 2.64. The Hall–Kier alpha value is -3.00. The third-order valence-electron chi connectivity index (χ3n) is 3.21. The Labute approximate surface area is 118 Å². The summed E-state index contributed by atoms with van der Waals surface area (Å²) >= 11 is 0. The van der Waals surface area contributed by atoms with E-state index in [1.807, 2.05) is 0 Å². The number of hydrogen-bond acceptors (Lipinski definition) is 6. The number of nitrogens with zero attached hydrogens (tertiary/aromatic N) is 2. The Morgan fingerprint density at radius 3 is 2.24 bits per heavy atom. The zero-order valence-electron chi connectivity index (χ0n) is 10.6. The Bertz CT molecular complexity index is 696. The lowest BCUT2D eigenvalue weighted by atomic mass is 9.98. The molecule has 0 bridgehead atoms. The number of fused-ring (bicyclic) bond motifs is 3. The lowest BCUT2D eigenvalue weighted by Crippen LogP contribution is -1.99. The fourth-order valence-corrected chi connectivity index (χ4v) is 2.23. The Morgan fingerprint density at radius 2 is 1.57 bits per heavy atom. The Morgan fingerprint density at radius 1 is 0.952 bits per heavy atom. The van der Waals surface area contributed by atoms with Gasteiger partial charge < -0.3 is 0 Å². The molecule has 106 valence electrons. The molecule has 0 atom stereocenters. The number of non-ortho nitro benzene ring substituents is 2. The predicted molar refractivity (Wildman–Crippen MR) is 73.6 cm³/mol. The van der Waals surface area contributed by atoms with Crippen LogP contribution in [-0.4, -0.2) is 9.85 Å². The Kier molecular flexibility index (Phi) is 2.99. The molecule has 8 nitrogen and oxygen atoms in total. The van der Waals surface area contributed by atoms with Crippen molar-refractivity contribution in [3.8, 4) is 11.1 Å². The van der Waals surface area contributed by atoms with Gasteiger partial charge in [-0.3, -0.25) is 30.5 Å². The maximum absolute atomic E-state index is 10.8. The quantitative estimate of drug-likeness (QED) is 0.671. The predicted octanol–water partition coefficient (Wildman–Crippen LogP) is 3.03. The zero-order chi connectivity index (χ0) is 15.0. The van der Waals surface area contributed by atoms with Crippen LogP contribution in [0.25, 0.3) is 11.1 Å². The van der Waals surface area contributed by atoms with Gasteiger partial charge >= 0.3 is 0 Å². The van der Waals surface area contributed by atoms with E-state index in [1.165, 1.54) is 24.3 Å². The fourth-order valence-electron chi connectivity index (χ4n) is 2.23. The van der Waals surface area contributed by atoms with Gasteiger partial charge in [0.15, 0.2) is 0 Å². The summed E-state index contributed by atoms with van der Waals surface area (Å²) < 4.78 is 0. The molecule has 0 fully saturated rings. The van der Waals surface area contributed by atoms with Crippen molar-refractivity contribution in [2.75, 3.05) is 5.48 Å². The number of rotatable bonds is 2. The standard InChI is InChI=1S/C13H9N3O5/c17-15(18)9-1-3-11-8(5-9)7-21-14-13-6-10(16(19)20)2-4-12(11)13/h1-6,14H,7H2. The second-order valence-corrected chi connectivity index (χ2v) is 4.48. The minimum Gasteiger partial charge on any atom is -0.271 e. The van der Waals surface area contributed by atoms with E-state index in [0.717, 1.165) is 5.56 Å². The van der Waals surface area contributed by atoms with Crippen LogP contribution in [0.15, 0.2) is 36.4 Å². The maximum atomic E-state index is 10.8. The second-order valence-electron chi connectivity index (χ2n) is 4.48. The van der Waals surface area contributed by atoms with Gasteiger partial charge in [0.25, 0.3) is 11.4 Å². The van der Waals surface area contributed by atoms with E-state index >= 15 is 0 Å². The monoisotopic (exact) mass is 287 g/mol. The van der Waals surface area contributed by atoms with Crippen LogP contribution < -0.4 is 5.48 Å². The highest BCUT2D eigenvalue weighted by atomic mass is 16.6. The molecule has 2 aromatic rings. The van der Waals surface area contributed by atoms with Crippen molar-refractivity contribution in [3.05, 3.63) is 62.2 Å². The summed E-state index contributed by atoms with van der Waals surface area (Å²) in [6.07, 6.45) is 0. The number of anilines is 1. The molecule has 0 unspecified atom stereocenters. The Balaban J connectivity index is 2.15. The molecular weight excluding hydrogens is 278 g/mol. The second kappa shape index (κ2) is 4.84. The van der Waals surface area contributed by atoms with Crippen LogP contribution in [0.1, 0.15) is 5.56 Å². The molecule has 0 aliphatic carbocycles. The average molecular weight is 287 g/mol. The van der Waals surface area contributed by atoms with E-state index in [0.29, 0.717) is 16.8 Å². The SMILES string of the molecule is O=[N+]([O-])c1ccc2c(c1)CONc1cc([N+](=O)[O-])ccc1-2. The molecule has 1 heterocycles. The van der Waals surface area contributed by atoms with Crippen LogP contribution in [0.2, 0.25) is 0 Å².